The normalized spacial score (nSPS) is 12.4. The number of nitrogens with one attached hydrogen (secondary N) is 1. The van der Waals surface area contributed by atoms with Gasteiger partial charge in [-0.25, -0.2) is 0 Å². The molecule has 0 saturated heterocycles. The Morgan fingerprint density at radius 2 is 2.39 bits per heavy atom. The van der Waals surface area contributed by atoms with Gasteiger partial charge in [0.25, 0.3) is 5.91 Å². The van der Waals surface area contributed by atoms with E-state index in [2.05, 4.69) is 10.4 Å². The van der Waals surface area contributed by atoms with Crippen molar-refractivity contribution in [3.05, 3.63) is 17.5 Å². The maximum atomic E-state index is 11.9. The number of hydrogen-bond acceptors (Lipinski definition) is 3. The fraction of sp³-hybridized carbons (Fsp3) is 0.667. The molecule has 1 heterocycles. The minimum Gasteiger partial charge on any atom is -0.383 e. The molecule has 0 aliphatic heterocycles. The molecule has 1 rings (SSSR count). The molecule has 0 aromatic carbocycles. The van der Waals surface area contributed by atoms with Gasteiger partial charge in [-0.1, -0.05) is 0 Å². The third-order valence-electron chi connectivity index (χ3n) is 2.52. The van der Waals surface area contributed by atoms with Gasteiger partial charge in [-0.3, -0.25) is 9.48 Å². The molecule has 0 radical (unpaired) electrons. The Morgan fingerprint density at radius 1 is 1.67 bits per heavy atom. The lowest BCUT2D eigenvalue weighted by Crippen LogP contribution is -2.29. The molecule has 1 unspecified atom stereocenters. The van der Waals surface area contributed by atoms with Crippen molar-refractivity contribution in [3.8, 4) is 0 Å². The molecule has 1 aromatic rings. The molecular formula is C12H20ClN3O2. The van der Waals surface area contributed by atoms with Crippen molar-refractivity contribution in [3.63, 3.8) is 0 Å². The summed E-state index contributed by atoms with van der Waals surface area (Å²) in [5, 5.41) is 6.99. The topological polar surface area (TPSA) is 56.2 Å². The fourth-order valence-electron chi connectivity index (χ4n) is 1.67. The van der Waals surface area contributed by atoms with Crippen molar-refractivity contribution >= 4 is 17.5 Å². The van der Waals surface area contributed by atoms with E-state index < -0.39 is 0 Å². The Bertz CT molecular complexity index is 393. The highest BCUT2D eigenvalue weighted by atomic mass is 35.5. The highest BCUT2D eigenvalue weighted by molar-refractivity contribution is 6.20. The second-order valence-electron chi connectivity index (χ2n) is 4.08. The van der Waals surface area contributed by atoms with Crippen molar-refractivity contribution in [2.75, 3.05) is 20.3 Å². The van der Waals surface area contributed by atoms with E-state index in [4.69, 9.17) is 16.3 Å². The minimum atomic E-state index is -0.112. The van der Waals surface area contributed by atoms with Gasteiger partial charge >= 0.3 is 0 Å². The maximum Gasteiger partial charge on any atom is 0.269 e. The number of hydrogen-bond donors (Lipinski definition) is 1. The van der Waals surface area contributed by atoms with Gasteiger partial charge in [-0.05, 0) is 26.3 Å². The van der Waals surface area contributed by atoms with Gasteiger partial charge in [0.05, 0.1) is 17.7 Å². The van der Waals surface area contributed by atoms with Crippen LogP contribution in [0.5, 0.6) is 0 Å². The molecule has 0 saturated carbocycles. The molecule has 1 aromatic heterocycles. The number of aromatic nitrogens is 2. The zero-order valence-electron chi connectivity index (χ0n) is 11.1. The van der Waals surface area contributed by atoms with Crippen LogP contribution < -0.4 is 5.32 Å². The zero-order chi connectivity index (χ0) is 13.5. The summed E-state index contributed by atoms with van der Waals surface area (Å²) in [6.07, 6.45) is 0.681. The van der Waals surface area contributed by atoms with Crippen molar-refractivity contribution in [2.45, 2.75) is 32.2 Å². The summed E-state index contributed by atoms with van der Waals surface area (Å²) in [6.45, 7) is 5.53. The standard InChI is InChI=1S/C12H20ClN3O2/c1-4-16-11(7-9(2)15-16)12(17)14-6-5-10(13)8-18-3/h7,10H,4-6,8H2,1-3H3,(H,14,17). The van der Waals surface area contributed by atoms with E-state index in [1.165, 1.54) is 0 Å². The molecule has 0 aliphatic carbocycles. The second kappa shape index (κ2) is 7.38. The summed E-state index contributed by atoms with van der Waals surface area (Å²) < 4.78 is 6.62. The predicted octanol–water partition coefficient (Wildman–Crippen LogP) is 1.59. The lowest BCUT2D eigenvalue weighted by atomic mass is 10.3. The second-order valence-corrected chi connectivity index (χ2v) is 4.70. The number of halogens is 1. The Balaban J connectivity index is 2.45. The minimum absolute atomic E-state index is 0.0758. The first kappa shape index (κ1) is 15.0. The van der Waals surface area contributed by atoms with Crippen LogP contribution in [0, 0.1) is 6.92 Å². The molecule has 102 valence electrons. The molecule has 5 nitrogen and oxygen atoms in total. The number of carbonyl (C=O) groups is 1. The fourth-order valence-corrected chi connectivity index (χ4v) is 1.90. The van der Waals surface area contributed by atoms with E-state index >= 15 is 0 Å². The number of rotatable bonds is 7. The monoisotopic (exact) mass is 273 g/mol. The first-order chi connectivity index (χ1) is 8.58. The number of alkyl halides is 1. The molecule has 0 aliphatic rings. The molecule has 0 spiro atoms. The van der Waals surface area contributed by atoms with Gasteiger partial charge in [0.1, 0.15) is 5.69 Å². The van der Waals surface area contributed by atoms with Gasteiger partial charge < -0.3 is 10.1 Å². The lowest BCUT2D eigenvalue weighted by Gasteiger charge is -2.09. The quantitative estimate of drug-likeness (QED) is 0.768. The van der Waals surface area contributed by atoms with Crippen molar-refractivity contribution in [1.82, 2.24) is 15.1 Å². The largest absolute Gasteiger partial charge is 0.383 e. The molecule has 1 N–H and O–H groups in total. The van der Waals surface area contributed by atoms with E-state index in [9.17, 15) is 4.79 Å². The van der Waals surface area contributed by atoms with Crippen molar-refractivity contribution in [2.24, 2.45) is 0 Å². The van der Waals surface area contributed by atoms with Gasteiger partial charge in [0.2, 0.25) is 0 Å². The third kappa shape index (κ3) is 4.31. The average Bonchev–Trinajstić information content (AvgIpc) is 2.70. The van der Waals surface area contributed by atoms with E-state index in [1.54, 1.807) is 17.9 Å². The van der Waals surface area contributed by atoms with Crippen LogP contribution in [0.3, 0.4) is 0 Å². The highest BCUT2D eigenvalue weighted by Gasteiger charge is 2.13. The van der Waals surface area contributed by atoms with E-state index in [0.717, 1.165) is 5.69 Å². The number of aryl methyl sites for hydroxylation is 2. The van der Waals surface area contributed by atoms with Crippen LogP contribution in [0.15, 0.2) is 6.07 Å². The SMILES string of the molecule is CCn1nc(C)cc1C(=O)NCCC(Cl)COC. The summed E-state index contributed by atoms with van der Waals surface area (Å²) >= 11 is 5.98. The van der Waals surface area contributed by atoms with Crippen LogP contribution in [-0.2, 0) is 11.3 Å². The number of amides is 1. The number of ether oxygens (including phenoxy) is 1. The van der Waals surface area contributed by atoms with Crippen LogP contribution in [0.2, 0.25) is 0 Å². The zero-order valence-corrected chi connectivity index (χ0v) is 11.8. The number of methoxy groups -OCH3 is 1. The average molecular weight is 274 g/mol. The van der Waals surface area contributed by atoms with Gasteiger partial charge in [0, 0.05) is 20.2 Å². The van der Waals surface area contributed by atoms with Crippen LogP contribution in [0.25, 0.3) is 0 Å². The highest BCUT2D eigenvalue weighted by Crippen LogP contribution is 2.05. The molecule has 0 bridgehead atoms. The van der Waals surface area contributed by atoms with Gasteiger partial charge in [0.15, 0.2) is 0 Å². The summed E-state index contributed by atoms with van der Waals surface area (Å²) in [6, 6.07) is 1.78. The molecule has 6 heteroatoms. The summed E-state index contributed by atoms with van der Waals surface area (Å²) in [5.41, 5.74) is 1.43. The third-order valence-corrected chi connectivity index (χ3v) is 2.87. The summed E-state index contributed by atoms with van der Waals surface area (Å²) in [4.78, 5) is 11.9. The molecule has 1 amide bonds. The Morgan fingerprint density at radius 3 is 3.00 bits per heavy atom. The lowest BCUT2D eigenvalue weighted by molar-refractivity contribution is 0.0941. The smallest absolute Gasteiger partial charge is 0.269 e. The van der Waals surface area contributed by atoms with Crippen LogP contribution in [-0.4, -0.2) is 41.3 Å². The van der Waals surface area contributed by atoms with E-state index in [-0.39, 0.29) is 11.3 Å². The molecule has 18 heavy (non-hydrogen) atoms. The maximum absolute atomic E-state index is 11.9. The summed E-state index contributed by atoms with van der Waals surface area (Å²) in [7, 11) is 1.61. The summed E-state index contributed by atoms with van der Waals surface area (Å²) in [5.74, 6) is -0.112. The Labute approximate surface area is 112 Å². The van der Waals surface area contributed by atoms with Crippen LogP contribution >= 0.6 is 11.6 Å². The number of carbonyl (C=O) groups excluding carboxylic acids is 1. The van der Waals surface area contributed by atoms with Crippen molar-refractivity contribution < 1.29 is 9.53 Å². The van der Waals surface area contributed by atoms with E-state index in [1.807, 2.05) is 13.8 Å². The first-order valence-electron chi connectivity index (χ1n) is 6.04. The predicted molar refractivity (Wildman–Crippen MR) is 71.1 cm³/mol. The Kier molecular flexibility index (Phi) is 6.15. The first-order valence-corrected chi connectivity index (χ1v) is 6.47. The molecule has 1 atom stereocenters. The van der Waals surface area contributed by atoms with Gasteiger partial charge in [-0.2, -0.15) is 5.10 Å². The molecule has 0 fully saturated rings. The number of nitrogens with zero attached hydrogens (tertiary/aromatic N) is 2. The van der Waals surface area contributed by atoms with Crippen LogP contribution in [0.1, 0.15) is 29.5 Å². The van der Waals surface area contributed by atoms with Gasteiger partial charge in [-0.15, -0.1) is 11.6 Å². The van der Waals surface area contributed by atoms with Crippen LogP contribution in [0.4, 0.5) is 0 Å². The van der Waals surface area contributed by atoms with Crippen molar-refractivity contribution in [1.29, 1.82) is 0 Å². The molecular weight excluding hydrogens is 254 g/mol. The van der Waals surface area contributed by atoms with E-state index in [0.29, 0.717) is 31.8 Å². The Hall–Kier alpha value is -1.07.